The number of halogens is 1. The highest BCUT2D eigenvalue weighted by atomic mass is 127. The molecule has 1 saturated carbocycles. The zero-order valence-corrected chi connectivity index (χ0v) is 12.0. The summed E-state index contributed by atoms with van der Waals surface area (Å²) in [6.07, 6.45) is 9.16. The van der Waals surface area contributed by atoms with Crippen LogP contribution >= 0.6 is 22.6 Å². The number of hydrogen-bond acceptors (Lipinski definition) is 0. The molecular weight excluding hydrogens is 295 g/mol. The van der Waals surface area contributed by atoms with Crippen molar-refractivity contribution >= 4 is 22.6 Å². The molecule has 1 fully saturated rings. The average Bonchev–Trinajstić information content (AvgIpc) is 2.19. The molecule has 2 rings (SSSR count). The monoisotopic (exact) mass is 316 g/mol. The van der Waals surface area contributed by atoms with Crippen LogP contribution in [0.3, 0.4) is 0 Å². The number of fused-ring (bicyclic) bond motifs is 1. The number of rotatable bonds is 1. The maximum Gasteiger partial charge on any atom is 0.0461 e. The second kappa shape index (κ2) is 4.23. The predicted octanol–water partition coefficient (Wildman–Crippen LogP) is 4.89. The van der Waals surface area contributed by atoms with Gasteiger partial charge < -0.3 is 0 Å². The van der Waals surface area contributed by atoms with Crippen molar-refractivity contribution in [1.82, 2.24) is 0 Å². The van der Waals surface area contributed by atoms with Gasteiger partial charge in [0.2, 0.25) is 0 Å². The molecule has 0 nitrogen and oxygen atoms in total. The van der Waals surface area contributed by atoms with E-state index in [2.05, 4.69) is 49.1 Å². The first-order valence-electron chi connectivity index (χ1n) is 6.08. The van der Waals surface area contributed by atoms with Crippen LogP contribution < -0.4 is 0 Å². The number of hydrogen-bond donors (Lipinski definition) is 0. The van der Waals surface area contributed by atoms with Crippen molar-refractivity contribution in [2.24, 2.45) is 11.8 Å². The fourth-order valence-electron chi connectivity index (χ4n) is 3.08. The van der Waals surface area contributed by atoms with Crippen LogP contribution in [-0.4, -0.2) is 3.42 Å². The normalized spacial score (nSPS) is 40.6. The summed E-state index contributed by atoms with van der Waals surface area (Å²) in [5.74, 6) is 1.61. The van der Waals surface area contributed by atoms with Crippen molar-refractivity contribution < 1.29 is 0 Å². The lowest BCUT2D eigenvalue weighted by molar-refractivity contribution is 0.312. The highest BCUT2D eigenvalue weighted by Gasteiger charge is 2.43. The van der Waals surface area contributed by atoms with Gasteiger partial charge in [-0.25, -0.2) is 0 Å². The molecule has 15 heavy (non-hydrogen) atoms. The maximum atomic E-state index is 4.15. The molecule has 0 aromatic heterocycles. The van der Waals surface area contributed by atoms with Gasteiger partial charge in [-0.3, -0.25) is 0 Å². The molecule has 3 atom stereocenters. The Bertz CT molecular complexity index is 302. The summed E-state index contributed by atoms with van der Waals surface area (Å²) in [6, 6.07) is 0. The first-order valence-corrected chi connectivity index (χ1v) is 7.15. The fourth-order valence-corrected chi connectivity index (χ4v) is 4.41. The Hall–Kier alpha value is 0.210. The Morgan fingerprint density at radius 1 is 1.53 bits per heavy atom. The minimum atomic E-state index is 0.456. The molecule has 0 spiro atoms. The van der Waals surface area contributed by atoms with Gasteiger partial charge in [0.15, 0.2) is 0 Å². The predicted molar refractivity (Wildman–Crippen MR) is 75.4 cm³/mol. The molecule has 0 heterocycles. The molecule has 2 aliphatic carbocycles. The second-order valence-electron chi connectivity index (χ2n) is 5.36. The van der Waals surface area contributed by atoms with Crippen LogP contribution in [0.25, 0.3) is 0 Å². The zero-order valence-electron chi connectivity index (χ0n) is 9.85. The van der Waals surface area contributed by atoms with E-state index in [-0.39, 0.29) is 0 Å². The van der Waals surface area contributed by atoms with Gasteiger partial charge in [0.05, 0.1) is 0 Å². The molecule has 0 unspecified atom stereocenters. The van der Waals surface area contributed by atoms with E-state index in [1.807, 2.05) is 0 Å². The Balaban J connectivity index is 2.24. The standard InChI is InChI=1S/C14H21I/c1-10(2)12-7-8-13-6-4-5-11(3)14(13,15)9-12/h6,11-12H,1,4-5,7-9H2,2-3H3/t11-,12-,14-/m1/s1. The van der Waals surface area contributed by atoms with Crippen molar-refractivity contribution in [1.29, 1.82) is 0 Å². The van der Waals surface area contributed by atoms with Crippen LogP contribution in [0.5, 0.6) is 0 Å². The topological polar surface area (TPSA) is 0 Å². The van der Waals surface area contributed by atoms with Gasteiger partial charge in [-0.2, -0.15) is 0 Å². The van der Waals surface area contributed by atoms with Crippen LogP contribution in [0, 0.1) is 11.8 Å². The van der Waals surface area contributed by atoms with Gasteiger partial charge in [0.25, 0.3) is 0 Å². The van der Waals surface area contributed by atoms with E-state index in [1.54, 1.807) is 5.57 Å². The summed E-state index contributed by atoms with van der Waals surface area (Å²) >= 11 is 2.73. The zero-order chi connectivity index (χ0) is 11.1. The third kappa shape index (κ3) is 2.04. The number of alkyl halides is 1. The van der Waals surface area contributed by atoms with Crippen LogP contribution in [0.15, 0.2) is 23.8 Å². The van der Waals surface area contributed by atoms with Crippen LogP contribution in [-0.2, 0) is 0 Å². The van der Waals surface area contributed by atoms with E-state index < -0.39 is 0 Å². The first-order chi connectivity index (χ1) is 7.04. The Kier molecular flexibility index (Phi) is 3.30. The summed E-state index contributed by atoms with van der Waals surface area (Å²) in [5.41, 5.74) is 3.13. The molecular formula is C14H21I. The highest BCUT2D eigenvalue weighted by molar-refractivity contribution is 14.1. The molecule has 84 valence electrons. The maximum absolute atomic E-state index is 4.15. The van der Waals surface area contributed by atoms with Crippen molar-refractivity contribution in [3.63, 3.8) is 0 Å². The van der Waals surface area contributed by atoms with E-state index >= 15 is 0 Å². The van der Waals surface area contributed by atoms with Gasteiger partial charge in [-0.15, -0.1) is 0 Å². The highest BCUT2D eigenvalue weighted by Crippen LogP contribution is 2.52. The van der Waals surface area contributed by atoms with E-state index in [4.69, 9.17) is 0 Å². The van der Waals surface area contributed by atoms with Crippen LogP contribution in [0.1, 0.15) is 46.0 Å². The van der Waals surface area contributed by atoms with Crippen molar-refractivity contribution in [3.8, 4) is 0 Å². The smallest absolute Gasteiger partial charge is 0.0461 e. The van der Waals surface area contributed by atoms with E-state index in [9.17, 15) is 0 Å². The molecule has 0 aromatic carbocycles. The van der Waals surface area contributed by atoms with Crippen LogP contribution in [0.2, 0.25) is 0 Å². The third-order valence-corrected chi connectivity index (χ3v) is 6.50. The lowest BCUT2D eigenvalue weighted by atomic mass is 9.67. The Morgan fingerprint density at radius 2 is 2.27 bits per heavy atom. The van der Waals surface area contributed by atoms with Crippen LogP contribution in [0.4, 0.5) is 0 Å². The molecule has 0 aliphatic heterocycles. The van der Waals surface area contributed by atoms with Gasteiger partial charge in [0, 0.05) is 3.42 Å². The van der Waals surface area contributed by atoms with E-state index in [1.165, 1.54) is 37.7 Å². The van der Waals surface area contributed by atoms with Crippen molar-refractivity contribution in [2.45, 2.75) is 49.4 Å². The lowest BCUT2D eigenvalue weighted by Gasteiger charge is -2.45. The van der Waals surface area contributed by atoms with Gasteiger partial charge in [-0.1, -0.05) is 53.3 Å². The SMILES string of the molecule is C=C(C)[C@@H]1CCC2=CCC[C@@H](C)[C@]2(I)C1. The van der Waals surface area contributed by atoms with E-state index in [0.29, 0.717) is 3.42 Å². The van der Waals surface area contributed by atoms with Gasteiger partial charge in [-0.05, 0) is 50.9 Å². The second-order valence-corrected chi connectivity index (χ2v) is 7.28. The molecule has 0 aromatic rings. The molecule has 1 heteroatoms. The minimum Gasteiger partial charge on any atom is -0.0999 e. The Labute approximate surface area is 107 Å². The average molecular weight is 316 g/mol. The molecule has 0 bridgehead atoms. The largest absolute Gasteiger partial charge is 0.0999 e. The van der Waals surface area contributed by atoms with Gasteiger partial charge >= 0.3 is 0 Å². The molecule has 0 radical (unpaired) electrons. The van der Waals surface area contributed by atoms with E-state index in [0.717, 1.165) is 11.8 Å². The van der Waals surface area contributed by atoms with Crippen molar-refractivity contribution in [2.75, 3.05) is 0 Å². The molecule has 0 saturated heterocycles. The molecule has 0 N–H and O–H groups in total. The van der Waals surface area contributed by atoms with Crippen molar-refractivity contribution in [3.05, 3.63) is 23.8 Å². The Morgan fingerprint density at radius 3 is 2.93 bits per heavy atom. The summed E-state index contributed by atoms with van der Waals surface area (Å²) in [4.78, 5) is 0. The van der Waals surface area contributed by atoms with Gasteiger partial charge in [0.1, 0.15) is 0 Å². The summed E-state index contributed by atoms with van der Waals surface area (Å²) < 4.78 is 0.456. The minimum absolute atomic E-state index is 0.456. The third-order valence-electron chi connectivity index (χ3n) is 4.31. The molecule has 2 aliphatic rings. The summed E-state index contributed by atoms with van der Waals surface area (Å²) in [7, 11) is 0. The summed E-state index contributed by atoms with van der Waals surface area (Å²) in [5, 5.41) is 0. The molecule has 0 amide bonds. The lowest BCUT2D eigenvalue weighted by Crippen LogP contribution is -2.39. The summed E-state index contributed by atoms with van der Waals surface area (Å²) in [6.45, 7) is 8.78. The quantitative estimate of drug-likeness (QED) is 0.367. The fraction of sp³-hybridized carbons (Fsp3) is 0.714. The number of allylic oxidation sites excluding steroid dienone is 3. The first kappa shape index (κ1) is 11.7.